The molecule has 0 bridgehead atoms. The lowest BCUT2D eigenvalue weighted by Gasteiger charge is -2.13. The zero-order chi connectivity index (χ0) is 22.1. The van der Waals surface area contributed by atoms with Gasteiger partial charge in [0.25, 0.3) is 5.91 Å². The first-order valence-electron chi connectivity index (χ1n) is 9.51. The molecule has 4 rings (SSSR count). The zero-order valence-corrected chi connectivity index (χ0v) is 19.0. The van der Waals surface area contributed by atoms with Crippen LogP contribution in [-0.4, -0.2) is 15.7 Å². The number of nitrogens with zero attached hydrogens (tertiary/aromatic N) is 2. The predicted molar refractivity (Wildman–Crippen MR) is 124 cm³/mol. The molecule has 158 valence electrons. The third-order valence-corrected chi connectivity index (χ3v) is 6.35. The minimum atomic E-state index is -0.326. The number of halogens is 3. The quantitative estimate of drug-likeness (QED) is 0.344. The summed E-state index contributed by atoms with van der Waals surface area (Å²) in [5, 5.41) is 8.08. The van der Waals surface area contributed by atoms with Gasteiger partial charge in [0, 0.05) is 10.6 Å². The summed E-state index contributed by atoms with van der Waals surface area (Å²) >= 11 is 13.4. The minimum absolute atomic E-state index is 0.208. The number of thiophene rings is 1. The summed E-state index contributed by atoms with van der Waals surface area (Å²) in [7, 11) is 0. The molecule has 0 aliphatic heterocycles. The Hall–Kier alpha value is -2.67. The molecule has 1 N–H and O–H groups in total. The van der Waals surface area contributed by atoms with Gasteiger partial charge in [-0.1, -0.05) is 53.5 Å². The van der Waals surface area contributed by atoms with Gasteiger partial charge in [-0.25, -0.2) is 4.68 Å². The lowest BCUT2D eigenvalue weighted by atomic mass is 10.1. The second kappa shape index (κ2) is 8.83. The molecule has 2 aromatic carbocycles. The van der Waals surface area contributed by atoms with Crippen molar-refractivity contribution in [2.75, 3.05) is 0 Å². The Kier molecular flexibility index (Phi) is 6.14. The van der Waals surface area contributed by atoms with Gasteiger partial charge >= 0.3 is 0 Å². The highest BCUT2D eigenvalue weighted by Gasteiger charge is 2.25. The lowest BCUT2D eigenvalue weighted by molar-refractivity contribution is 0.0934. The van der Waals surface area contributed by atoms with E-state index in [-0.39, 0.29) is 22.8 Å². The van der Waals surface area contributed by atoms with Crippen molar-refractivity contribution in [1.82, 2.24) is 15.1 Å². The summed E-state index contributed by atoms with van der Waals surface area (Å²) in [6.45, 7) is 3.70. The van der Waals surface area contributed by atoms with Crippen LogP contribution < -0.4 is 5.32 Å². The van der Waals surface area contributed by atoms with Crippen molar-refractivity contribution >= 4 is 40.4 Å². The van der Waals surface area contributed by atoms with Crippen LogP contribution in [0.1, 0.15) is 34.6 Å². The van der Waals surface area contributed by atoms with E-state index in [4.69, 9.17) is 23.2 Å². The summed E-state index contributed by atoms with van der Waals surface area (Å²) in [5.74, 6) is -0.323. The molecule has 0 aliphatic rings. The number of hydrogen-bond acceptors (Lipinski definition) is 3. The second-order valence-electron chi connectivity index (χ2n) is 7.04. The molecule has 4 nitrogen and oxygen atoms in total. The Morgan fingerprint density at radius 3 is 2.52 bits per heavy atom. The first kappa shape index (κ1) is 21.6. The second-order valence-corrected chi connectivity index (χ2v) is 8.92. The van der Waals surface area contributed by atoms with E-state index in [1.807, 2.05) is 37.3 Å². The highest BCUT2D eigenvalue weighted by atomic mass is 35.5. The van der Waals surface area contributed by atoms with Crippen molar-refractivity contribution in [1.29, 1.82) is 0 Å². The van der Waals surface area contributed by atoms with Crippen LogP contribution in [0.25, 0.3) is 16.3 Å². The third-order valence-electron chi connectivity index (χ3n) is 4.93. The molecule has 0 spiro atoms. The number of rotatable bonds is 5. The van der Waals surface area contributed by atoms with E-state index in [9.17, 15) is 9.18 Å². The maximum Gasteiger partial charge on any atom is 0.272 e. The molecular weight excluding hydrogens is 456 g/mol. The third kappa shape index (κ3) is 4.37. The Morgan fingerprint density at radius 1 is 1.13 bits per heavy atom. The van der Waals surface area contributed by atoms with E-state index >= 15 is 0 Å². The minimum Gasteiger partial charge on any atom is -0.344 e. The Labute approximate surface area is 193 Å². The number of hydrogen-bond donors (Lipinski definition) is 1. The topological polar surface area (TPSA) is 46.9 Å². The van der Waals surface area contributed by atoms with Crippen molar-refractivity contribution < 1.29 is 9.18 Å². The highest BCUT2D eigenvalue weighted by Crippen LogP contribution is 2.35. The van der Waals surface area contributed by atoms with Crippen molar-refractivity contribution in [2.24, 2.45) is 0 Å². The van der Waals surface area contributed by atoms with Crippen LogP contribution in [0.2, 0.25) is 10.0 Å². The molecule has 1 atom stereocenters. The van der Waals surface area contributed by atoms with Crippen molar-refractivity contribution in [3.8, 4) is 16.3 Å². The Morgan fingerprint density at radius 2 is 1.87 bits per heavy atom. The highest BCUT2D eigenvalue weighted by molar-refractivity contribution is 7.13. The molecule has 0 radical (unpaired) electrons. The molecule has 2 aromatic heterocycles. The molecule has 31 heavy (non-hydrogen) atoms. The Balaban J connectivity index is 1.79. The van der Waals surface area contributed by atoms with E-state index in [1.165, 1.54) is 6.07 Å². The van der Waals surface area contributed by atoms with Gasteiger partial charge in [-0.3, -0.25) is 4.79 Å². The molecule has 0 saturated heterocycles. The summed E-state index contributed by atoms with van der Waals surface area (Å²) in [6, 6.07) is 17.5. The summed E-state index contributed by atoms with van der Waals surface area (Å²) < 4.78 is 15.4. The van der Waals surface area contributed by atoms with Gasteiger partial charge in [0.05, 0.1) is 27.3 Å². The van der Waals surface area contributed by atoms with Crippen LogP contribution >= 0.6 is 34.5 Å². The van der Waals surface area contributed by atoms with Gasteiger partial charge in [-0.15, -0.1) is 11.3 Å². The van der Waals surface area contributed by atoms with Gasteiger partial charge in [0.15, 0.2) is 10.8 Å². The standard InChI is InChI=1S/C23H18Cl2FN3OS/c1-13-21(23(30)27-14(2)15-6-4-3-5-7-15)28-29(18-9-8-16(24)12-17(18)25)22(13)19-10-11-20(26)31-19/h3-12,14H,1-2H3,(H,27,30)/t14-/m0/s1. The summed E-state index contributed by atoms with van der Waals surface area (Å²) in [5.41, 5.74) is 3.02. The molecule has 1 amide bonds. The van der Waals surface area contributed by atoms with Gasteiger partial charge in [0.2, 0.25) is 0 Å². The zero-order valence-electron chi connectivity index (χ0n) is 16.7. The number of carbonyl (C=O) groups excluding carboxylic acids is 1. The molecule has 0 aliphatic carbocycles. The Bertz CT molecular complexity index is 1250. The normalized spacial score (nSPS) is 12.0. The summed E-state index contributed by atoms with van der Waals surface area (Å²) in [4.78, 5) is 13.8. The average Bonchev–Trinajstić information content (AvgIpc) is 3.31. The predicted octanol–water partition coefficient (Wildman–Crippen LogP) is 6.85. The van der Waals surface area contributed by atoms with Crippen molar-refractivity contribution in [2.45, 2.75) is 19.9 Å². The van der Waals surface area contributed by atoms with E-state index in [1.54, 1.807) is 35.9 Å². The molecule has 2 heterocycles. The number of nitrogens with one attached hydrogen (secondary N) is 1. The van der Waals surface area contributed by atoms with Gasteiger partial charge < -0.3 is 5.32 Å². The van der Waals surface area contributed by atoms with Gasteiger partial charge in [-0.2, -0.15) is 9.49 Å². The number of carbonyl (C=O) groups is 1. The van der Waals surface area contributed by atoms with E-state index < -0.39 is 0 Å². The fraction of sp³-hybridized carbons (Fsp3) is 0.130. The lowest BCUT2D eigenvalue weighted by Crippen LogP contribution is -2.27. The first-order valence-corrected chi connectivity index (χ1v) is 11.1. The molecule has 8 heteroatoms. The molecule has 4 aromatic rings. The van der Waals surface area contributed by atoms with Crippen molar-refractivity contribution in [3.05, 3.63) is 92.7 Å². The summed E-state index contributed by atoms with van der Waals surface area (Å²) in [6.07, 6.45) is 0. The van der Waals surface area contributed by atoms with Crippen LogP contribution in [0, 0.1) is 12.1 Å². The van der Waals surface area contributed by atoms with Crippen LogP contribution in [0.4, 0.5) is 4.39 Å². The van der Waals surface area contributed by atoms with E-state index in [0.717, 1.165) is 16.9 Å². The van der Waals surface area contributed by atoms with Crippen LogP contribution in [0.5, 0.6) is 0 Å². The monoisotopic (exact) mass is 473 g/mol. The fourth-order valence-electron chi connectivity index (χ4n) is 3.36. The van der Waals surface area contributed by atoms with Crippen LogP contribution in [0.3, 0.4) is 0 Å². The van der Waals surface area contributed by atoms with Crippen LogP contribution in [0.15, 0.2) is 60.7 Å². The van der Waals surface area contributed by atoms with Gasteiger partial charge in [-0.05, 0) is 49.7 Å². The number of amides is 1. The molecular formula is C23H18Cl2FN3OS. The first-order chi connectivity index (χ1) is 14.8. The molecule has 0 unspecified atom stereocenters. The largest absolute Gasteiger partial charge is 0.344 e. The number of aromatic nitrogens is 2. The fourth-order valence-corrected chi connectivity index (χ4v) is 4.67. The van der Waals surface area contributed by atoms with Gasteiger partial charge in [0.1, 0.15) is 0 Å². The number of benzene rings is 2. The maximum absolute atomic E-state index is 13.8. The SMILES string of the molecule is Cc1c(C(=O)N[C@@H](C)c2ccccc2)nn(-c2ccc(Cl)cc2Cl)c1-c1ccc(F)s1. The van der Waals surface area contributed by atoms with Crippen molar-refractivity contribution in [3.63, 3.8) is 0 Å². The maximum atomic E-state index is 13.8. The molecule has 0 saturated carbocycles. The van der Waals surface area contributed by atoms with Crippen LogP contribution in [-0.2, 0) is 0 Å². The molecule has 0 fully saturated rings. The smallest absolute Gasteiger partial charge is 0.272 e. The average molecular weight is 474 g/mol. The van der Waals surface area contributed by atoms with E-state index in [2.05, 4.69) is 10.4 Å². The van der Waals surface area contributed by atoms with E-state index in [0.29, 0.717) is 31.9 Å².